The summed E-state index contributed by atoms with van der Waals surface area (Å²) in [6, 6.07) is 38.4. The Bertz CT molecular complexity index is 1990. The van der Waals surface area contributed by atoms with Gasteiger partial charge in [0.2, 0.25) is 0 Å². The van der Waals surface area contributed by atoms with Crippen LogP contribution in [0.3, 0.4) is 0 Å². The zero-order valence-corrected chi connectivity index (χ0v) is 19.8. The molecular weight excluding hydrogens is 452 g/mol. The number of furan rings is 1. The molecule has 5 aromatic carbocycles. The molecule has 0 aliphatic heterocycles. The Morgan fingerprint density at radius 2 is 1.00 bits per heavy atom. The minimum Gasteiger partial charge on any atom is -0.455 e. The van der Waals surface area contributed by atoms with E-state index >= 15 is 0 Å². The van der Waals surface area contributed by atoms with E-state index in [1.807, 2.05) is 12.1 Å². The quantitative estimate of drug-likeness (QED) is 0.239. The molecule has 3 heteroatoms. The molecule has 2 heterocycles. The number of aromatic nitrogens is 2. The van der Waals surface area contributed by atoms with E-state index in [0.29, 0.717) is 0 Å². The molecule has 37 heavy (non-hydrogen) atoms. The number of fused-ring (bicyclic) bond motifs is 11. The van der Waals surface area contributed by atoms with Gasteiger partial charge in [-0.3, -0.25) is 9.97 Å². The van der Waals surface area contributed by atoms with Gasteiger partial charge in [-0.15, -0.1) is 0 Å². The SMILES string of the molecule is c1ccc2c(c1)-c1ccc(-c3cccc4c3oc3ccccc34)cc1-c1ccccc1-c1nccnc1-2. The summed E-state index contributed by atoms with van der Waals surface area (Å²) >= 11 is 0. The molecule has 172 valence electrons. The van der Waals surface area contributed by atoms with Gasteiger partial charge in [0.15, 0.2) is 0 Å². The van der Waals surface area contributed by atoms with Crippen LogP contribution in [0.1, 0.15) is 0 Å². The van der Waals surface area contributed by atoms with Gasteiger partial charge in [-0.25, -0.2) is 0 Å². The molecule has 0 fully saturated rings. The minimum absolute atomic E-state index is 0.904. The van der Waals surface area contributed by atoms with Gasteiger partial charge in [-0.05, 0) is 39.9 Å². The number of para-hydroxylation sites is 2. The van der Waals surface area contributed by atoms with E-state index < -0.39 is 0 Å². The molecule has 1 aliphatic rings. The molecule has 8 rings (SSSR count). The Morgan fingerprint density at radius 3 is 1.76 bits per heavy atom. The van der Waals surface area contributed by atoms with Crippen LogP contribution in [0.5, 0.6) is 0 Å². The fraction of sp³-hybridized carbons (Fsp3) is 0. The van der Waals surface area contributed by atoms with Crippen molar-refractivity contribution in [3.63, 3.8) is 0 Å². The Labute approximate surface area is 213 Å². The first-order chi connectivity index (χ1) is 18.4. The van der Waals surface area contributed by atoms with E-state index in [1.165, 1.54) is 11.1 Å². The third-order valence-electron chi connectivity index (χ3n) is 7.38. The number of rotatable bonds is 1. The normalized spacial score (nSPS) is 11.8. The average molecular weight is 473 g/mol. The van der Waals surface area contributed by atoms with Crippen molar-refractivity contribution in [3.8, 4) is 55.9 Å². The zero-order valence-electron chi connectivity index (χ0n) is 19.8. The average Bonchev–Trinajstić information content (AvgIpc) is 3.35. The first-order valence-corrected chi connectivity index (χ1v) is 12.4. The maximum atomic E-state index is 6.38. The lowest BCUT2D eigenvalue weighted by atomic mass is 9.83. The van der Waals surface area contributed by atoms with Crippen molar-refractivity contribution in [1.82, 2.24) is 9.97 Å². The number of nitrogens with zero attached hydrogens (tertiary/aromatic N) is 2. The molecule has 0 spiro atoms. The monoisotopic (exact) mass is 472 g/mol. The van der Waals surface area contributed by atoms with E-state index in [9.17, 15) is 0 Å². The van der Waals surface area contributed by atoms with Crippen LogP contribution in [0, 0.1) is 0 Å². The Hall–Kier alpha value is -5.02. The highest BCUT2D eigenvalue weighted by atomic mass is 16.3. The lowest BCUT2D eigenvalue weighted by Gasteiger charge is -2.22. The number of hydrogen-bond donors (Lipinski definition) is 0. The van der Waals surface area contributed by atoms with Gasteiger partial charge in [-0.1, -0.05) is 97.1 Å². The molecule has 0 saturated heterocycles. The van der Waals surface area contributed by atoms with Crippen molar-refractivity contribution in [1.29, 1.82) is 0 Å². The van der Waals surface area contributed by atoms with Gasteiger partial charge in [0.25, 0.3) is 0 Å². The molecule has 0 N–H and O–H groups in total. The molecule has 1 aliphatic carbocycles. The van der Waals surface area contributed by atoms with Crippen LogP contribution < -0.4 is 0 Å². The third kappa shape index (κ3) is 2.95. The summed E-state index contributed by atoms with van der Waals surface area (Å²) < 4.78 is 6.38. The first-order valence-electron chi connectivity index (χ1n) is 12.4. The second kappa shape index (κ2) is 7.74. The van der Waals surface area contributed by atoms with E-state index in [0.717, 1.165) is 66.7 Å². The summed E-state index contributed by atoms with van der Waals surface area (Å²) in [4.78, 5) is 9.58. The van der Waals surface area contributed by atoms with Crippen molar-refractivity contribution in [3.05, 3.63) is 122 Å². The summed E-state index contributed by atoms with van der Waals surface area (Å²) in [5.41, 5.74) is 12.7. The van der Waals surface area contributed by atoms with Crippen molar-refractivity contribution in [2.75, 3.05) is 0 Å². The van der Waals surface area contributed by atoms with E-state index in [2.05, 4.69) is 97.1 Å². The fourth-order valence-corrected chi connectivity index (χ4v) is 5.73. The molecule has 0 amide bonds. The fourth-order valence-electron chi connectivity index (χ4n) is 5.73. The Balaban J connectivity index is 1.45. The van der Waals surface area contributed by atoms with Gasteiger partial charge in [0, 0.05) is 39.9 Å². The molecule has 0 atom stereocenters. The topological polar surface area (TPSA) is 38.9 Å². The molecular formula is C34H20N2O. The minimum atomic E-state index is 0.904. The van der Waals surface area contributed by atoms with Crippen LogP contribution in [0.25, 0.3) is 77.8 Å². The van der Waals surface area contributed by atoms with E-state index in [4.69, 9.17) is 14.4 Å². The molecule has 0 unspecified atom stereocenters. The van der Waals surface area contributed by atoms with Crippen LogP contribution in [0.15, 0.2) is 126 Å². The van der Waals surface area contributed by atoms with Crippen LogP contribution >= 0.6 is 0 Å². The van der Waals surface area contributed by atoms with Gasteiger partial charge >= 0.3 is 0 Å². The zero-order chi connectivity index (χ0) is 24.3. The number of benzene rings is 5. The van der Waals surface area contributed by atoms with Crippen molar-refractivity contribution in [2.24, 2.45) is 0 Å². The van der Waals surface area contributed by atoms with Gasteiger partial charge < -0.3 is 4.42 Å². The summed E-state index contributed by atoms with van der Waals surface area (Å²) in [5.74, 6) is 0. The third-order valence-corrected chi connectivity index (χ3v) is 7.38. The van der Waals surface area contributed by atoms with Crippen molar-refractivity contribution < 1.29 is 4.42 Å². The summed E-state index contributed by atoms with van der Waals surface area (Å²) in [7, 11) is 0. The van der Waals surface area contributed by atoms with Crippen LogP contribution in [0.2, 0.25) is 0 Å². The molecule has 3 nitrogen and oxygen atoms in total. The second-order valence-electron chi connectivity index (χ2n) is 9.39. The van der Waals surface area contributed by atoms with E-state index in [1.54, 1.807) is 12.4 Å². The van der Waals surface area contributed by atoms with Crippen molar-refractivity contribution >= 4 is 21.9 Å². The smallest absolute Gasteiger partial charge is 0.143 e. The first kappa shape index (κ1) is 20.2. The number of hydrogen-bond acceptors (Lipinski definition) is 3. The molecule has 2 aromatic heterocycles. The van der Waals surface area contributed by atoms with E-state index in [-0.39, 0.29) is 0 Å². The van der Waals surface area contributed by atoms with Gasteiger partial charge in [-0.2, -0.15) is 0 Å². The highest BCUT2D eigenvalue weighted by molar-refractivity contribution is 6.10. The summed E-state index contributed by atoms with van der Waals surface area (Å²) in [6.07, 6.45) is 3.55. The Kier molecular flexibility index (Phi) is 4.23. The lowest BCUT2D eigenvalue weighted by molar-refractivity contribution is 0.670. The standard InChI is InChI=1S/C34H20N2O/c1-3-11-27-23(8-1)25-17-16-21(22-13-7-14-29-26-10-5-6-15-31(26)37-34(22)29)20-30(25)24-9-2-4-12-28(24)33-32(27)35-18-19-36-33/h1-20H. The van der Waals surface area contributed by atoms with Crippen LogP contribution in [-0.4, -0.2) is 9.97 Å². The molecule has 7 aromatic rings. The summed E-state index contributed by atoms with van der Waals surface area (Å²) in [5, 5.41) is 2.27. The maximum Gasteiger partial charge on any atom is 0.143 e. The highest BCUT2D eigenvalue weighted by Gasteiger charge is 2.24. The maximum absolute atomic E-state index is 6.38. The summed E-state index contributed by atoms with van der Waals surface area (Å²) in [6.45, 7) is 0. The predicted molar refractivity (Wildman–Crippen MR) is 150 cm³/mol. The molecule has 0 bridgehead atoms. The van der Waals surface area contributed by atoms with Gasteiger partial charge in [0.1, 0.15) is 11.2 Å². The van der Waals surface area contributed by atoms with Gasteiger partial charge in [0.05, 0.1) is 11.4 Å². The Morgan fingerprint density at radius 1 is 0.432 bits per heavy atom. The van der Waals surface area contributed by atoms with Crippen molar-refractivity contribution in [2.45, 2.75) is 0 Å². The van der Waals surface area contributed by atoms with Crippen LogP contribution in [0.4, 0.5) is 0 Å². The lowest BCUT2D eigenvalue weighted by Crippen LogP contribution is -2.00. The largest absolute Gasteiger partial charge is 0.455 e. The highest BCUT2D eigenvalue weighted by Crippen LogP contribution is 2.47. The predicted octanol–water partition coefficient (Wildman–Crippen LogP) is 9.02. The second-order valence-corrected chi connectivity index (χ2v) is 9.39. The molecule has 0 radical (unpaired) electrons. The molecule has 0 saturated carbocycles. The van der Waals surface area contributed by atoms with Crippen LogP contribution in [-0.2, 0) is 0 Å².